The quantitative estimate of drug-likeness (QED) is 0.762. The van der Waals surface area contributed by atoms with E-state index in [1.54, 1.807) is 0 Å². The van der Waals surface area contributed by atoms with Gasteiger partial charge in [0.05, 0.1) is 19.8 Å². The van der Waals surface area contributed by atoms with Gasteiger partial charge in [-0.15, -0.1) is 0 Å². The fourth-order valence-electron chi connectivity index (χ4n) is 1.28. The first-order valence-electron chi connectivity index (χ1n) is 4.80. The highest BCUT2D eigenvalue weighted by molar-refractivity contribution is 5.06. The van der Waals surface area contributed by atoms with Crippen molar-refractivity contribution < 1.29 is 13.9 Å². The minimum absolute atomic E-state index is 0.257. The molecule has 2 rings (SSSR count). The van der Waals surface area contributed by atoms with E-state index in [0.717, 1.165) is 18.1 Å². The van der Waals surface area contributed by atoms with Gasteiger partial charge >= 0.3 is 0 Å². The summed E-state index contributed by atoms with van der Waals surface area (Å²) >= 11 is 0. The summed E-state index contributed by atoms with van der Waals surface area (Å²) in [5.41, 5.74) is 0. The Bertz CT molecular complexity index is 281. The molecule has 0 aromatic carbocycles. The van der Waals surface area contributed by atoms with Crippen LogP contribution in [0.5, 0.6) is 0 Å². The Balaban J connectivity index is 1.77. The van der Waals surface area contributed by atoms with Crippen molar-refractivity contribution in [2.75, 3.05) is 20.3 Å². The molecule has 0 unspecified atom stereocenters. The van der Waals surface area contributed by atoms with Crippen molar-refractivity contribution in [3.63, 3.8) is 0 Å². The molecule has 14 heavy (non-hydrogen) atoms. The van der Waals surface area contributed by atoms with Gasteiger partial charge in [0.1, 0.15) is 24.2 Å². The Labute approximate surface area is 83.2 Å². The third-order valence-electron chi connectivity index (χ3n) is 2.14. The number of hydrogen-bond acceptors (Lipinski definition) is 4. The van der Waals surface area contributed by atoms with Crippen LogP contribution < -0.4 is 5.32 Å². The summed E-state index contributed by atoms with van der Waals surface area (Å²) < 4.78 is 16.0. The molecule has 4 heteroatoms. The van der Waals surface area contributed by atoms with Crippen molar-refractivity contribution >= 4 is 0 Å². The fourth-order valence-corrected chi connectivity index (χ4v) is 1.28. The lowest BCUT2D eigenvalue weighted by Crippen LogP contribution is -2.35. The lowest BCUT2D eigenvalue weighted by molar-refractivity contribution is -0.137. The zero-order valence-electron chi connectivity index (χ0n) is 8.29. The van der Waals surface area contributed by atoms with Crippen LogP contribution in [0.4, 0.5) is 0 Å². The molecule has 0 aliphatic carbocycles. The van der Waals surface area contributed by atoms with Crippen LogP contribution in [0.15, 0.2) is 16.5 Å². The third kappa shape index (κ3) is 2.35. The van der Waals surface area contributed by atoms with E-state index in [0.29, 0.717) is 19.8 Å². The number of ether oxygens (including phenoxy) is 2. The van der Waals surface area contributed by atoms with E-state index in [2.05, 4.69) is 5.32 Å². The van der Waals surface area contributed by atoms with Crippen LogP contribution >= 0.6 is 0 Å². The van der Waals surface area contributed by atoms with Gasteiger partial charge in [-0.25, -0.2) is 0 Å². The van der Waals surface area contributed by atoms with Gasteiger partial charge in [-0.3, -0.25) is 0 Å². The molecule has 1 aliphatic heterocycles. The second-order valence-electron chi connectivity index (χ2n) is 3.37. The molecule has 0 spiro atoms. The van der Waals surface area contributed by atoms with Crippen LogP contribution in [-0.2, 0) is 22.6 Å². The van der Waals surface area contributed by atoms with E-state index in [-0.39, 0.29) is 6.10 Å². The van der Waals surface area contributed by atoms with Crippen LogP contribution in [0.1, 0.15) is 11.5 Å². The van der Waals surface area contributed by atoms with Crippen LogP contribution in [0.3, 0.4) is 0 Å². The summed E-state index contributed by atoms with van der Waals surface area (Å²) in [6, 6.07) is 3.92. The Morgan fingerprint density at radius 1 is 1.43 bits per heavy atom. The molecule has 0 radical (unpaired) electrons. The Hall–Kier alpha value is -0.840. The lowest BCUT2D eigenvalue weighted by atomic mass is 10.3. The molecule has 0 saturated carbocycles. The summed E-state index contributed by atoms with van der Waals surface area (Å²) in [7, 11) is 1.89. The third-order valence-corrected chi connectivity index (χ3v) is 2.14. The fraction of sp³-hybridized carbons (Fsp3) is 0.600. The predicted octanol–water partition coefficient (Wildman–Crippen LogP) is 0.914. The SMILES string of the molecule is CNCc1ccc(COC2COC2)o1. The second kappa shape index (κ2) is 4.59. The largest absolute Gasteiger partial charge is 0.462 e. The molecule has 1 aromatic rings. The van der Waals surface area contributed by atoms with E-state index in [1.807, 2.05) is 19.2 Å². The standard InChI is InChI=1S/C10H15NO3/c1-11-4-8-2-3-9(14-8)7-13-10-5-12-6-10/h2-3,10-11H,4-7H2,1H3. The van der Waals surface area contributed by atoms with Crippen LogP contribution in [-0.4, -0.2) is 26.4 Å². The maximum atomic E-state index is 5.52. The second-order valence-corrected chi connectivity index (χ2v) is 3.37. The smallest absolute Gasteiger partial charge is 0.129 e. The summed E-state index contributed by atoms with van der Waals surface area (Å²) in [5.74, 6) is 1.82. The number of nitrogens with one attached hydrogen (secondary N) is 1. The highest BCUT2D eigenvalue weighted by Crippen LogP contribution is 2.12. The van der Waals surface area contributed by atoms with Gasteiger partial charge < -0.3 is 19.2 Å². The zero-order valence-corrected chi connectivity index (χ0v) is 8.29. The minimum Gasteiger partial charge on any atom is -0.462 e. The maximum absolute atomic E-state index is 5.52. The molecule has 0 atom stereocenters. The van der Waals surface area contributed by atoms with Gasteiger partial charge in [-0.1, -0.05) is 0 Å². The number of furan rings is 1. The first kappa shape index (κ1) is 9.71. The van der Waals surface area contributed by atoms with E-state index in [1.165, 1.54) is 0 Å². The molecule has 0 bridgehead atoms. The molecule has 2 heterocycles. The van der Waals surface area contributed by atoms with Gasteiger partial charge in [-0.2, -0.15) is 0 Å². The number of rotatable bonds is 5. The summed E-state index contributed by atoms with van der Waals surface area (Å²) in [4.78, 5) is 0. The summed E-state index contributed by atoms with van der Waals surface area (Å²) in [6.45, 7) is 2.72. The predicted molar refractivity (Wildman–Crippen MR) is 50.9 cm³/mol. The van der Waals surface area contributed by atoms with Gasteiger partial charge in [0.25, 0.3) is 0 Å². The van der Waals surface area contributed by atoms with Gasteiger partial charge in [0, 0.05) is 0 Å². The van der Waals surface area contributed by atoms with Gasteiger partial charge in [0.2, 0.25) is 0 Å². The molecule has 0 amide bonds. The summed E-state index contributed by atoms with van der Waals surface area (Å²) in [5, 5.41) is 3.03. The Morgan fingerprint density at radius 2 is 2.21 bits per heavy atom. The molecular weight excluding hydrogens is 182 g/mol. The van der Waals surface area contributed by atoms with Gasteiger partial charge in [0.15, 0.2) is 0 Å². The van der Waals surface area contributed by atoms with E-state index in [4.69, 9.17) is 13.9 Å². The minimum atomic E-state index is 0.257. The van der Waals surface area contributed by atoms with Crippen molar-refractivity contribution in [1.82, 2.24) is 5.32 Å². The Kier molecular flexibility index (Phi) is 3.18. The monoisotopic (exact) mass is 197 g/mol. The average Bonchev–Trinajstić information content (AvgIpc) is 2.51. The van der Waals surface area contributed by atoms with Crippen LogP contribution in [0, 0.1) is 0 Å². The van der Waals surface area contributed by atoms with Crippen molar-refractivity contribution in [1.29, 1.82) is 0 Å². The number of hydrogen-bond donors (Lipinski definition) is 1. The van der Waals surface area contributed by atoms with Crippen LogP contribution in [0.2, 0.25) is 0 Å². The molecule has 4 nitrogen and oxygen atoms in total. The van der Waals surface area contributed by atoms with E-state index in [9.17, 15) is 0 Å². The summed E-state index contributed by atoms with van der Waals surface area (Å²) in [6.07, 6.45) is 0.257. The van der Waals surface area contributed by atoms with Gasteiger partial charge in [-0.05, 0) is 19.2 Å². The first-order valence-corrected chi connectivity index (χ1v) is 4.80. The van der Waals surface area contributed by atoms with Crippen molar-refractivity contribution in [3.8, 4) is 0 Å². The molecule has 1 fully saturated rings. The first-order chi connectivity index (χ1) is 6.88. The molecule has 78 valence electrons. The van der Waals surface area contributed by atoms with E-state index < -0.39 is 0 Å². The highest BCUT2D eigenvalue weighted by Gasteiger charge is 2.19. The normalized spacial score (nSPS) is 16.9. The molecular formula is C10H15NO3. The van der Waals surface area contributed by atoms with Crippen molar-refractivity contribution in [3.05, 3.63) is 23.7 Å². The lowest BCUT2D eigenvalue weighted by Gasteiger charge is -2.25. The maximum Gasteiger partial charge on any atom is 0.129 e. The molecule has 1 aromatic heterocycles. The highest BCUT2D eigenvalue weighted by atomic mass is 16.6. The zero-order chi connectivity index (χ0) is 9.80. The molecule has 1 aliphatic rings. The molecule has 1 saturated heterocycles. The van der Waals surface area contributed by atoms with Crippen molar-refractivity contribution in [2.24, 2.45) is 0 Å². The van der Waals surface area contributed by atoms with E-state index >= 15 is 0 Å². The van der Waals surface area contributed by atoms with Crippen molar-refractivity contribution in [2.45, 2.75) is 19.3 Å². The topological polar surface area (TPSA) is 43.6 Å². The van der Waals surface area contributed by atoms with Crippen LogP contribution in [0.25, 0.3) is 0 Å². The molecule has 1 N–H and O–H groups in total. The Morgan fingerprint density at radius 3 is 2.86 bits per heavy atom. The average molecular weight is 197 g/mol.